The Balaban J connectivity index is 1.72. The van der Waals surface area contributed by atoms with Crippen molar-refractivity contribution in [1.82, 2.24) is 4.72 Å². The van der Waals surface area contributed by atoms with Gasteiger partial charge in [0.05, 0.1) is 6.04 Å². The molecule has 1 aliphatic heterocycles. The number of benzene rings is 2. The fourth-order valence-corrected chi connectivity index (χ4v) is 2.95. The normalized spacial score (nSPS) is 19.6. The van der Waals surface area contributed by atoms with Gasteiger partial charge in [-0.3, -0.25) is 4.72 Å². The first-order valence-electron chi connectivity index (χ1n) is 5.91. The fraction of sp³-hybridized carbons (Fsp3) is 0.286. The lowest BCUT2D eigenvalue weighted by molar-refractivity contribution is 0.283. The van der Waals surface area contributed by atoms with Crippen LogP contribution in [-0.2, 0) is 0 Å². The number of ether oxygens (including phenoxy) is 1. The van der Waals surface area contributed by atoms with E-state index in [0.717, 1.165) is 12.4 Å². The molecule has 1 aliphatic rings. The Hall–Kier alpha value is -1.19. The molecule has 3 heteroatoms. The third kappa shape index (κ3) is 2.56. The lowest BCUT2D eigenvalue weighted by atomic mass is 10.1. The fourth-order valence-electron chi connectivity index (χ4n) is 2.01. The summed E-state index contributed by atoms with van der Waals surface area (Å²) in [7, 11) is 0. The average molecular weight is 245 g/mol. The maximum atomic E-state index is 5.82. The Morgan fingerprint density at radius 1 is 1.18 bits per heavy atom. The van der Waals surface area contributed by atoms with Crippen molar-refractivity contribution in [2.45, 2.75) is 12.5 Å². The van der Waals surface area contributed by atoms with Crippen LogP contribution in [0, 0.1) is 0 Å². The van der Waals surface area contributed by atoms with Crippen LogP contribution in [0.15, 0.2) is 42.5 Å². The smallest absolute Gasteiger partial charge is 0.120 e. The van der Waals surface area contributed by atoms with E-state index in [2.05, 4.69) is 41.1 Å². The Bertz CT molecular complexity index is 508. The van der Waals surface area contributed by atoms with Crippen LogP contribution in [-0.4, -0.2) is 18.4 Å². The van der Waals surface area contributed by atoms with E-state index < -0.39 is 0 Å². The van der Waals surface area contributed by atoms with Gasteiger partial charge in [-0.15, -0.1) is 0 Å². The van der Waals surface area contributed by atoms with Gasteiger partial charge in [-0.1, -0.05) is 42.3 Å². The third-order valence-corrected chi connectivity index (χ3v) is 3.93. The van der Waals surface area contributed by atoms with Crippen molar-refractivity contribution >= 4 is 22.7 Å². The van der Waals surface area contributed by atoms with Crippen LogP contribution in [0.2, 0.25) is 0 Å². The highest BCUT2D eigenvalue weighted by molar-refractivity contribution is 7.97. The highest BCUT2D eigenvalue weighted by atomic mass is 32.2. The second-order valence-corrected chi connectivity index (χ2v) is 5.20. The molecule has 2 nitrogen and oxygen atoms in total. The minimum atomic E-state index is 0.492. The Labute approximate surface area is 105 Å². The SMILES string of the molecule is c1ccc2cc(OCC3CCSN3)ccc2c1. The van der Waals surface area contributed by atoms with Crippen LogP contribution in [0.1, 0.15) is 6.42 Å². The van der Waals surface area contributed by atoms with E-state index in [1.807, 2.05) is 6.07 Å². The summed E-state index contributed by atoms with van der Waals surface area (Å²) in [6.45, 7) is 0.755. The minimum absolute atomic E-state index is 0.492. The molecule has 0 spiro atoms. The largest absolute Gasteiger partial charge is 0.492 e. The molecule has 0 saturated carbocycles. The molecule has 1 N–H and O–H groups in total. The molecule has 2 aromatic rings. The number of hydrogen-bond donors (Lipinski definition) is 1. The maximum Gasteiger partial charge on any atom is 0.120 e. The molecular formula is C14H15NOS. The van der Waals surface area contributed by atoms with Crippen molar-refractivity contribution in [1.29, 1.82) is 0 Å². The predicted molar refractivity (Wildman–Crippen MR) is 73.4 cm³/mol. The second kappa shape index (κ2) is 4.98. The molecule has 1 atom stereocenters. The summed E-state index contributed by atoms with van der Waals surface area (Å²) in [6.07, 6.45) is 1.19. The first-order valence-corrected chi connectivity index (χ1v) is 6.89. The van der Waals surface area contributed by atoms with Crippen molar-refractivity contribution in [3.8, 4) is 5.75 Å². The third-order valence-electron chi connectivity index (χ3n) is 2.99. The molecule has 88 valence electrons. The molecule has 0 aliphatic carbocycles. The van der Waals surface area contributed by atoms with Gasteiger partial charge in [-0.05, 0) is 29.3 Å². The number of nitrogens with one attached hydrogen (secondary N) is 1. The van der Waals surface area contributed by atoms with Crippen molar-refractivity contribution in [3.63, 3.8) is 0 Å². The zero-order valence-electron chi connectivity index (χ0n) is 9.56. The quantitative estimate of drug-likeness (QED) is 0.839. The van der Waals surface area contributed by atoms with Crippen molar-refractivity contribution in [3.05, 3.63) is 42.5 Å². The van der Waals surface area contributed by atoms with Crippen molar-refractivity contribution in [2.75, 3.05) is 12.4 Å². The zero-order valence-corrected chi connectivity index (χ0v) is 10.4. The van der Waals surface area contributed by atoms with E-state index in [-0.39, 0.29) is 0 Å². The van der Waals surface area contributed by atoms with Crippen LogP contribution in [0.3, 0.4) is 0 Å². The summed E-state index contributed by atoms with van der Waals surface area (Å²) in [5.41, 5.74) is 0. The number of fused-ring (bicyclic) bond motifs is 1. The molecule has 17 heavy (non-hydrogen) atoms. The van der Waals surface area contributed by atoms with E-state index in [1.54, 1.807) is 11.9 Å². The van der Waals surface area contributed by atoms with E-state index in [4.69, 9.17) is 4.74 Å². The molecule has 1 fully saturated rings. The van der Waals surface area contributed by atoms with Crippen LogP contribution in [0.4, 0.5) is 0 Å². The van der Waals surface area contributed by atoms with E-state index in [0.29, 0.717) is 6.04 Å². The van der Waals surface area contributed by atoms with Gasteiger partial charge in [-0.25, -0.2) is 0 Å². The number of rotatable bonds is 3. The molecular weight excluding hydrogens is 230 g/mol. The Morgan fingerprint density at radius 3 is 2.88 bits per heavy atom. The molecule has 0 amide bonds. The van der Waals surface area contributed by atoms with Gasteiger partial charge in [0.1, 0.15) is 12.4 Å². The lowest BCUT2D eigenvalue weighted by Gasteiger charge is -2.11. The average Bonchev–Trinajstić information content (AvgIpc) is 2.89. The molecule has 3 rings (SSSR count). The zero-order chi connectivity index (χ0) is 11.5. The van der Waals surface area contributed by atoms with Gasteiger partial charge in [0.15, 0.2) is 0 Å². The van der Waals surface area contributed by atoms with Crippen molar-refractivity contribution < 1.29 is 4.74 Å². The maximum absolute atomic E-state index is 5.82. The van der Waals surface area contributed by atoms with E-state index in [9.17, 15) is 0 Å². The molecule has 1 saturated heterocycles. The Kier molecular flexibility index (Phi) is 3.20. The van der Waals surface area contributed by atoms with Gasteiger partial charge < -0.3 is 4.74 Å². The molecule has 0 aromatic heterocycles. The van der Waals surface area contributed by atoms with E-state index >= 15 is 0 Å². The van der Waals surface area contributed by atoms with Gasteiger partial charge in [0.2, 0.25) is 0 Å². The molecule has 0 radical (unpaired) electrons. The van der Waals surface area contributed by atoms with Gasteiger partial charge in [0, 0.05) is 5.75 Å². The van der Waals surface area contributed by atoms with E-state index in [1.165, 1.54) is 22.9 Å². The summed E-state index contributed by atoms with van der Waals surface area (Å²) in [5, 5.41) is 2.49. The molecule has 1 unspecified atom stereocenters. The highest BCUT2D eigenvalue weighted by Gasteiger charge is 2.15. The molecule has 2 aromatic carbocycles. The first-order chi connectivity index (χ1) is 8.42. The van der Waals surface area contributed by atoms with Crippen LogP contribution >= 0.6 is 11.9 Å². The van der Waals surface area contributed by atoms with Crippen LogP contribution in [0.25, 0.3) is 10.8 Å². The second-order valence-electron chi connectivity index (χ2n) is 4.27. The Morgan fingerprint density at radius 2 is 2.06 bits per heavy atom. The van der Waals surface area contributed by atoms with Crippen LogP contribution in [0.5, 0.6) is 5.75 Å². The van der Waals surface area contributed by atoms with Gasteiger partial charge >= 0.3 is 0 Å². The lowest BCUT2D eigenvalue weighted by Crippen LogP contribution is -2.24. The van der Waals surface area contributed by atoms with Gasteiger partial charge in [0.25, 0.3) is 0 Å². The van der Waals surface area contributed by atoms with Crippen LogP contribution < -0.4 is 9.46 Å². The number of hydrogen-bond acceptors (Lipinski definition) is 3. The van der Waals surface area contributed by atoms with Gasteiger partial charge in [-0.2, -0.15) is 0 Å². The standard InChI is InChI=1S/C14H15NOS/c1-2-4-12-9-14(6-5-11(12)3-1)16-10-13-7-8-17-15-13/h1-6,9,13,15H,7-8,10H2. The molecule has 1 heterocycles. The molecule has 0 bridgehead atoms. The van der Waals surface area contributed by atoms with Crippen molar-refractivity contribution in [2.24, 2.45) is 0 Å². The first kappa shape index (κ1) is 10.9. The topological polar surface area (TPSA) is 21.3 Å². The summed E-state index contributed by atoms with van der Waals surface area (Å²) in [6, 6.07) is 15.1. The predicted octanol–water partition coefficient (Wildman–Crippen LogP) is 3.23. The summed E-state index contributed by atoms with van der Waals surface area (Å²) in [4.78, 5) is 0. The monoisotopic (exact) mass is 245 g/mol. The summed E-state index contributed by atoms with van der Waals surface area (Å²) < 4.78 is 9.18. The highest BCUT2D eigenvalue weighted by Crippen LogP contribution is 2.21. The summed E-state index contributed by atoms with van der Waals surface area (Å²) >= 11 is 1.79. The summed E-state index contributed by atoms with van der Waals surface area (Å²) in [5.74, 6) is 2.15. The minimum Gasteiger partial charge on any atom is -0.492 e.